The van der Waals surface area contributed by atoms with Gasteiger partial charge in [0.1, 0.15) is 0 Å². The molecule has 2 aromatic rings. The molecular weight excluding hydrogens is 300 g/mol. The molecular formula is C13H11F2N3O2S. The Labute approximate surface area is 120 Å². The molecule has 0 amide bonds. The number of halogens is 2. The smallest absolute Gasteiger partial charge is 0.200 e. The number of nitrogens with zero attached hydrogens (tertiary/aromatic N) is 2. The third-order valence-corrected chi connectivity index (χ3v) is 3.79. The first kappa shape index (κ1) is 15.0. The summed E-state index contributed by atoms with van der Waals surface area (Å²) in [6.45, 7) is 1.83. The lowest BCUT2D eigenvalue weighted by molar-refractivity contribution is 0.511. The van der Waals surface area contributed by atoms with Crippen LogP contribution in [0.1, 0.15) is 11.1 Å². The molecule has 1 aromatic heterocycles. The highest BCUT2D eigenvalue weighted by Crippen LogP contribution is 2.09. The van der Waals surface area contributed by atoms with Gasteiger partial charge in [-0.25, -0.2) is 4.83 Å². The highest BCUT2D eigenvalue weighted by Gasteiger charge is 2.12. The number of rotatable bonds is 4. The summed E-state index contributed by atoms with van der Waals surface area (Å²) in [6.07, 6.45) is 0.910. The number of hydrazone groups is 1. The first-order chi connectivity index (χ1) is 9.88. The molecule has 5 nitrogen and oxygen atoms in total. The number of nitrogens with one attached hydrogen (secondary N) is 1. The lowest BCUT2D eigenvalue weighted by Gasteiger charge is -2.03. The summed E-state index contributed by atoms with van der Waals surface area (Å²) in [7, 11) is -3.83. The predicted octanol–water partition coefficient (Wildman–Crippen LogP) is 1.98. The molecule has 0 aliphatic heterocycles. The van der Waals surface area contributed by atoms with Crippen LogP contribution >= 0.6 is 0 Å². The van der Waals surface area contributed by atoms with Crippen molar-refractivity contribution in [2.45, 2.75) is 11.8 Å². The lowest BCUT2D eigenvalue weighted by Crippen LogP contribution is -2.18. The quantitative estimate of drug-likeness (QED) is 0.533. The summed E-state index contributed by atoms with van der Waals surface area (Å²) >= 11 is 0. The fourth-order valence-electron chi connectivity index (χ4n) is 1.45. The number of hydrogen-bond acceptors (Lipinski definition) is 4. The number of sulfonamides is 1. The molecule has 0 radical (unpaired) electrons. The molecule has 21 heavy (non-hydrogen) atoms. The Morgan fingerprint density at radius 2 is 1.81 bits per heavy atom. The van der Waals surface area contributed by atoms with Crippen molar-refractivity contribution in [2.24, 2.45) is 5.10 Å². The normalized spacial score (nSPS) is 11.8. The molecule has 1 N–H and O–H groups in total. The van der Waals surface area contributed by atoms with Crippen LogP contribution in [-0.4, -0.2) is 19.6 Å². The fraction of sp³-hybridized carbons (Fsp3) is 0.0769. The van der Waals surface area contributed by atoms with Crippen LogP contribution in [0.3, 0.4) is 0 Å². The van der Waals surface area contributed by atoms with E-state index in [4.69, 9.17) is 0 Å². The second-order valence-corrected chi connectivity index (χ2v) is 5.84. The predicted molar refractivity (Wildman–Crippen MR) is 73.2 cm³/mol. The zero-order valence-corrected chi connectivity index (χ0v) is 11.7. The van der Waals surface area contributed by atoms with E-state index in [0.717, 1.165) is 23.9 Å². The van der Waals surface area contributed by atoms with Crippen molar-refractivity contribution in [3.8, 4) is 0 Å². The molecule has 0 aliphatic carbocycles. The van der Waals surface area contributed by atoms with Gasteiger partial charge >= 0.3 is 0 Å². The van der Waals surface area contributed by atoms with E-state index in [1.165, 1.54) is 12.1 Å². The number of aromatic nitrogens is 1. The highest BCUT2D eigenvalue weighted by molar-refractivity contribution is 7.89. The molecule has 2 rings (SSSR count). The Morgan fingerprint density at radius 1 is 1.14 bits per heavy atom. The average molecular weight is 311 g/mol. The first-order valence-corrected chi connectivity index (χ1v) is 7.30. The molecule has 0 atom stereocenters. The number of benzene rings is 1. The summed E-state index contributed by atoms with van der Waals surface area (Å²) in [6, 6.07) is 8.17. The average Bonchev–Trinajstić information content (AvgIpc) is 2.41. The van der Waals surface area contributed by atoms with Crippen LogP contribution in [-0.2, 0) is 10.0 Å². The van der Waals surface area contributed by atoms with Crippen LogP contribution in [0.15, 0.2) is 46.4 Å². The van der Waals surface area contributed by atoms with Crippen LogP contribution in [0.5, 0.6) is 0 Å². The number of hydrogen-bond donors (Lipinski definition) is 1. The van der Waals surface area contributed by atoms with Crippen LogP contribution in [0.2, 0.25) is 0 Å². The van der Waals surface area contributed by atoms with E-state index >= 15 is 0 Å². The van der Waals surface area contributed by atoms with Crippen molar-refractivity contribution in [1.82, 2.24) is 9.82 Å². The SMILES string of the molecule is Cc1ccc(S(=O)(=O)N/N=C/c2ccc(F)nc2F)cc1. The topological polar surface area (TPSA) is 71.4 Å². The molecule has 0 saturated carbocycles. The minimum atomic E-state index is -3.83. The van der Waals surface area contributed by atoms with E-state index in [1.807, 2.05) is 11.8 Å². The molecule has 0 unspecified atom stereocenters. The van der Waals surface area contributed by atoms with Gasteiger partial charge in [0.05, 0.1) is 11.1 Å². The van der Waals surface area contributed by atoms with Crippen LogP contribution < -0.4 is 4.83 Å². The molecule has 0 spiro atoms. The maximum Gasteiger partial charge on any atom is 0.276 e. The van der Waals surface area contributed by atoms with Crippen molar-refractivity contribution in [1.29, 1.82) is 0 Å². The lowest BCUT2D eigenvalue weighted by atomic mass is 10.2. The van der Waals surface area contributed by atoms with Gasteiger partial charge in [-0.05, 0) is 31.2 Å². The van der Waals surface area contributed by atoms with Crippen LogP contribution in [0.25, 0.3) is 0 Å². The Kier molecular flexibility index (Phi) is 4.27. The second kappa shape index (κ2) is 5.96. The zero-order chi connectivity index (χ0) is 15.5. The molecule has 0 aliphatic rings. The van der Waals surface area contributed by atoms with E-state index in [2.05, 4.69) is 10.1 Å². The van der Waals surface area contributed by atoms with E-state index < -0.39 is 21.9 Å². The van der Waals surface area contributed by atoms with E-state index in [9.17, 15) is 17.2 Å². The van der Waals surface area contributed by atoms with Gasteiger partial charge in [0.25, 0.3) is 10.0 Å². The molecule has 0 saturated heterocycles. The summed E-state index contributed by atoms with van der Waals surface area (Å²) in [4.78, 5) is 4.92. The molecule has 1 heterocycles. The van der Waals surface area contributed by atoms with Gasteiger partial charge in [0, 0.05) is 5.56 Å². The largest absolute Gasteiger partial charge is 0.276 e. The number of pyridine rings is 1. The van der Waals surface area contributed by atoms with Gasteiger partial charge in [-0.15, -0.1) is 0 Å². The minimum Gasteiger partial charge on any atom is -0.200 e. The Hall–Kier alpha value is -2.35. The first-order valence-electron chi connectivity index (χ1n) is 5.82. The standard InChI is InChI=1S/C13H11F2N3O2S/c1-9-2-5-11(6-3-9)21(19,20)18-16-8-10-4-7-12(14)17-13(10)15/h2-8,18H,1H3/b16-8+. The Bertz CT molecular complexity index is 775. The molecule has 110 valence electrons. The van der Waals surface area contributed by atoms with E-state index in [1.54, 1.807) is 12.1 Å². The third kappa shape index (κ3) is 3.82. The maximum atomic E-state index is 13.2. The van der Waals surface area contributed by atoms with Crippen molar-refractivity contribution < 1.29 is 17.2 Å². The summed E-state index contributed by atoms with van der Waals surface area (Å²) in [5.41, 5.74) is 0.778. The van der Waals surface area contributed by atoms with Gasteiger partial charge in [0.15, 0.2) is 0 Å². The van der Waals surface area contributed by atoms with E-state index in [0.29, 0.717) is 0 Å². The summed E-state index contributed by atoms with van der Waals surface area (Å²) in [5, 5.41) is 3.44. The highest BCUT2D eigenvalue weighted by atomic mass is 32.2. The van der Waals surface area contributed by atoms with Gasteiger partial charge in [-0.3, -0.25) is 0 Å². The number of aryl methyl sites for hydroxylation is 1. The summed E-state index contributed by atoms with van der Waals surface area (Å²) in [5.74, 6) is -2.04. The van der Waals surface area contributed by atoms with Gasteiger partial charge in [0.2, 0.25) is 11.9 Å². The Balaban J connectivity index is 2.14. The molecule has 0 bridgehead atoms. The van der Waals surface area contributed by atoms with Crippen LogP contribution in [0.4, 0.5) is 8.78 Å². The van der Waals surface area contributed by atoms with Gasteiger partial charge in [-0.1, -0.05) is 17.7 Å². The monoisotopic (exact) mass is 311 g/mol. The van der Waals surface area contributed by atoms with Gasteiger partial charge in [-0.2, -0.15) is 27.3 Å². The van der Waals surface area contributed by atoms with E-state index in [-0.39, 0.29) is 10.5 Å². The fourth-order valence-corrected chi connectivity index (χ4v) is 2.25. The van der Waals surface area contributed by atoms with Crippen LogP contribution in [0, 0.1) is 18.8 Å². The maximum absolute atomic E-state index is 13.2. The van der Waals surface area contributed by atoms with Crippen molar-refractivity contribution in [3.05, 3.63) is 59.4 Å². The second-order valence-electron chi connectivity index (χ2n) is 4.18. The van der Waals surface area contributed by atoms with Crippen molar-refractivity contribution in [3.63, 3.8) is 0 Å². The van der Waals surface area contributed by atoms with Crippen molar-refractivity contribution >= 4 is 16.2 Å². The molecule has 8 heteroatoms. The molecule has 0 fully saturated rings. The van der Waals surface area contributed by atoms with Gasteiger partial charge < -0.3 is 0 Å². The minimum absolute atomic E-state index is 0.0305. The van der Waals surface area contributed by atoms with Crippen molar-refractivity contribution in [2.75, 3.05) is 0 Å². The Morgan fingerprint density at radius 3 is 2.43 bits per heavy atom. The summed E-state index contributed by atoms with van der Waals surface area (Å²) < 4.78 is 49.6. The zero-order valence-electron chi connectivity index (χ0n) is 10.9. The molecule has 1 aromatic carbocycles. The third-order valence-electron chi connectivity index (χ3n) is 2.55.